The third-order valence-electron chi connectivity index (χ3n) is 5.63. The Bertz CT molecular complexity index is 1060. The number of nitrogens with one attached hydrogen (secondary N) is 2. The quantitative estimate of drug-likeness (QED) is 0.617. The van der Waals surface area contributed by atoms with E-state index < -0.39 is 0 Å². The molecule has 1 amide bonds. The number of rotatable bonds is 5. The molecule has 2 aromatic carbocycles. The zero-order valence-corrected chi connectivity index (χ0v) is 18.0. The predicted octanol–water partition coefficient (Wildman–Crippen LogP) is 3.47. The molecule has 0 saturated carbocycles. The van der Waals surface area contributed by atoms with Gasteiger partial charge >= 0.3 is 5.69 Å². The van der Waals surface area contributed by atoms with Crippen LogP contribution in [-0.4, -0.2) is 46.5 Å². The summed E-state index contributed by atoms with van der Waals surface area (Å²) in [7, 11) is 0. The molecule has 1 saturated heterocycles. The standard InChI is InChI=1S/C22H25BrN4O2/c1-15-2-4-16(5-3-15)21(28)24-10-13-26-11-8-18(9-12-26)27-20-7-6-17(23)14-19(20)25-22(27)29/h2-7,14,18H,8-13H2,1H3,(H,24,28)(H,25,29). The number of hydrogen-bond acceptors (Lipinski definition) is 3. The first-order valence-corrected chi connectivity index (χ1v) is 10.8. The van der Waals surface area contributed by atoms with Crippen molar-refractivity contribution in [1.82, 2.24) is 19.8 Å². The molecule has 7 heteroatoms. The van der Waals surface area contributed by atoms with Crippen LogP contribution in [0.2, 0.25) is 0 Å². The number of carbonyl (C=O) groups excluding carboxylic acids is 1. The second-order valence-electron chi connectivity index (χ2n) is 7.66. The van der Waals surface area contributed by atoms with E-state index in [1.165, 1.54) is 0 Å². The van der Waals surface area contributed by atoms with Gasteiger partial charge in [0.2, 0.25) is 0 Å². The second-order valence-corrected chi connectivity index (χ2v) is 8.57. The van der Waals surface area contributed by atoms with E-state index in [-0.39, 0.29) is 17.6 Å². The van der Waals surface area contributed by atoms with Crippen molar-refractivity contribution in [3.63, 3.8) is 0 Å². The first-order valence-electron chi connectivity index (χ1n) is 9.98. The molecule has 1 aliphatic rings. The van der Waals surface area contributed by atoms with Gasteiger partial charge in [0.1, 0.15) is 0 Å². The van der Waals surface area contributed by atoms with Crippen LogP contribution >= 0.6 is 15.9 Å². The van der Waals surface area contributed by atoms with Gasteiger partial charge in [0.15, 0.2) is 0 Å². The van der Waals surface area contributed by atoms with Gasteiger partial charge in [-0.15, -0.1) is 0 Å². The number of aromatic nitrogens is 2. The van der Waals surface area contributed by atoms with Gasteiger partial charge in [-0.05, 0) is 50.1 Å². The van der Waals surface area contributed by atoms with Crippen LogP contribution < -0.4 is 11.0 Å². The van der Waals surface area contributed by atoms with Crippen LogP contribution in [0.4, 0.5) is 0 Å². The third-order valence-corrected chi connectivity index (χ3v) is 6.12. The highest BCUT2D eigenvalue weighted by Crippen LogP contribution is 2.26. The molecule has 0 spiro atoms. The van der Waals surface area contributed by atoms with E-state index in [1.54, 1.807) is 0 Å². The Labute approximate surface area is 178 Å². The Morgan fingerprint density at radius 1 is 1.17 bits per heavy atom. The lowest BCUT2D eigenvalue weighted by atomic mass is 10.0. The lowest BCUT2D eigenvalue weighted by molar-refractivity contribution is 0.0944. The van der Waals surface area contributed by atoms with E-state index in [1.807, 2.05) is 54.0 Å². The number of amides is 1. The fourth-order valence-electron chi connectivity index (χ4n) is 4.00. The van der Waals surface area contributed by atoms with Gasteiger partial charge in [-0.25, -0.2) is 4.79 Å². The average molecular weight is 457 g/mol. The van der Waals surface area contributed by atoms with Crippen molar-refractivity contribution in [2.24, 2.45) is 0 Å². The van der Waals surface area contributed by atoms with Gasteiger partial charge in [-0.2, -0.15) is 0 Å². The van der Waals surface area contributed by atoms with Crippen LogP contribution in [0, 0.1) is 6.92 Å². The molecule has 152 valence electrons. The minimum absolute atomic E-state index is 0.0311. The molecule has 1 fully saturated rings. The highest BCUT2D eigenvalue weighted by Gasteiger charge is 2.23. The van der Waals surface area contributed by atoms with E-state index in [4.69, 9.17) is 0 Å². The van der Waals surface area contributed by atoms with E-state index >= 15 is 0 Å². The van der Waals surface area contributed by atoms with E-state index in [0.717, 1.165) is 53.5 Å². The topological polar surface area (TPSA) is 70.1 Å². The lowest BCUT2D eigenvalue weighted by Gasteiger charge is -2.32. The fourth-order valence-corrected chi connectivity index (χ4v) is 4.36. The van der Waals surface area contributed by atoms with Gasteiger partial charge in [-0.1, -0.05) is 33.6 Å². The monoisotopic (exact) mass is 456 g/mol. The largest absolute Gasteiger partial charge is 0.351 e. The maximum atomic E-state index is 12.5. The van der Waals surface area contributed by atoms with Gasteiger partial charge in [0, 0.05) is 42.3 Å². The number of hydrogen-bond donors (Lipinski definition) is 2. The molecule has 0 unspecified atom stereocenters. The van der Waals surface area contributed by atoms with Crippen molar-refractivity contribution in [1.29, 1.82) is 0 Å². The Morgan fingerprint density at radius 2 is 1.90 bits per heavy atom. The van der Waals surface area contributed by atoms with Crippen molar-refractivity contribution in [3.05, 3.63) is 68.5 Å². The number of halogens is 1. The van der Waals surface area contributed by atoms with E-state index in [9.17, 15) is 9.59 Å². The summed E-state index contributed by atoms with van der Waals surface area (Å²) in [6, 6.07) is 13.7. The van der Waals surface area contributed by atoms with Crippen molar-refractivity contribution >= 4 is 32.9 Å². The lowest BCUT2D eigenvalue weighted by Crippen LogP contribution is -2.41. The normalized spacial score (nSPS) is 15.7. The zero-order valence-electron chi connectivity index (χ0n) is 16.5. The molecule has 0 bridgehead atoms. The molecule has 4 rings (SSSR count). The average Bonchev–Trinajstić information content (AvgIpc) is 3.03. The van der Waals surface area contributed by atoms with Crippen LogP contribution in [-0.2, 0) is 0 Å². The smallest absolute Gasteiger partial charge is 0.326 e. The summed E-state index contributed by atoms with van der Waals surface area (Å²) in [4.78, 5) is 30.0. The number of imidazole rings is 1. The molecule has 0 aliphatic carbocycles. The Balaban J connectivity index is 1.30. The molecule has 2 N–H and O–H groups in total. The van der Waals surface area contributed by atoms with Crippen molar-refractivity contribution < 1.29 is 4.79 Å². The number of likely N-dealkylation sites (tertiary alicyclic amines) is 1. The Kier molecular flexibility index (Phi) is 5.87. The molecular weight excluding hydrogens is 432 g/mol. The number of piperidine rings is 1. The second kappa shape index (κ2) is 8.55. The molecule has 0 atom stereocenters. The molecule has 6 nitrogen and oxygen atoms in total. The maximum Gasteiger partial charge on any atom is 0.326 e. The highest BCUT2D eigenvalue weighted by molar-refractivity contribution is 9.10. The SMILES string of the molecule is Cc1ccc(C(=O)NCCN2CCC(n3c(=O)[nH]c4cc(Br)ccc43)CC2)cc1. The van der Waals surface area contributed by atoms with Gasteiger partial charge in [0.05, 0.1) is 11.0 Å². The summed E-state index contributed by atoms with van der Waals surface area (Å²) in [5, 5.41) is 3.00. The summed E-state index contributed by atoms with van der Waals surface area (Å²) in [5.74, 6) is -0.0311. The number of fused-ring (bicyclic) bond motifs is 1. The number of nitrogens with zero attached hydrogens (tertiary/aromatic N) is 2. The molecular formula is C22H25BrN4O2. The van der Waals surface area contributed by atoms with Crippen LogP contribution in [0.15, 0.2) is 51.7 Å². The summed E-state index contributed by atoms with van der Waals surface area (Å²) >= 11 is 3.45. The van der Waals surface area contributed by atoms with Crippen molar-refractivity contribution in [2.75, 3.05) is 26.2 Å². The van der Waals surface area contributed by atoms with Gasteiger partial charge < -0.3 is 15.2 Å². The highest BCUT2D eigenvalue weighted by atomic mass is 79.9. The summed E-state index contributed by atoms with van der Waals surface area (Å²) in [6.07, 6.45) is 1.85. The van der Waals surface area contributed by atoms with Crippen molar-refractivity contribution in [3.8, 4) is 0 Å². The molecule has 29 heavy (non-hydrogen) atoms. The number of carbonyl (C=O) groups is 1. The predicted molar refractivity (Wildman–Crippen MR) is 118 cm³/mol. The number of benzene rings is 2. The van der Waals surface area contributed by atoms with Crippen LogP contribution in [0.1, 0.15) is 34.8 Å². The molecule has 1 aliphatic heterocycles. The minimum atomic E-state index is -0.0399. The third kappa shape index (κ3) is 4.46. The molecule has 3 aromatic rings. The van der Waals surface area contributed by atoms with Crippen molar-refractivity contribution in [2.45, 2.75) is 25.8 Å². The van der Waals surface area contributed by atoms with E-state index in [2.05, 4.69) is 31.1 Å². The Hall–Kier alpha value is -2.38. The number of H-pyrrole nitrogens is 1. The first-order chi connectivity index (χ1) is 14.0. The molecule has 0 radical (unpaired) electrons. The molecule has 2 heterocycles. The molecule has 1 aromatic heterocycles. The van der Waals surface area contributed by atoms with Crippen LogP contribution in [0.25, 0.3) is 11.0 Å². The number of aryl methyl sites for hydroxylation is 1. The minimum Gasteiger partial charge on any atom is -0.351 e. The summed E-state index contributed by atoms with van der Waals surface area (Å²) in [6.45, 7) is 5.29. The van der Waals surface area contributed by atoms with E-state index in [0.29, 0.717) is 12.1 Å². The fraction of sp³-hybridized carbons (Fsp3) is 0.364. The first kappa shape index (κ1) is 19.9. The number of aromatic amines is 1. The summed E-state index contributed by atoms with van der Waals surface area (Å²) < 4.78 is 2.86. The summed E-state index contributed by atoms with van der Waals surface area (Å²) in [5.41, 5.74) is 3.63. The maximum absolute atomic E-state index is 12.5. The Morgan fingerprint density at radius 3 is 2.62 bits per heavy atom. The zero-order chi connectivity index (χ0) is 20.4. The van der Waals surface area contributed by atoms with Gasteiger partial charge in [0.25, 0.3) is 5.91 Å². The van der Waals surface area contributed by atoms with Gasteiger partial charge in [-0.3, -0.25) is 9.36 Å². The van der Waals surface area contributed by atoms with Crippen LogP contribution in [0.3, 0.4) is 0 Å². The van der Waals surface area contributed by atoms with Crippen LogP contribution in [0.5, 0.6) is 0 Å².